The van der Waals surface area contributed by atoms with Gasteiger partial charge in [0.15, 0.2) is 0 Å². The molecule has 4 nitrogen and oxygen atoms in total. The van der Waals surface area contributed by atoms with E-state index in [9.17, 15) is 18.0 Å². The Morgan fingerprint density at radius 2 is 1.91 bits per heavy atom. The highest BCUT2D eigenvalue weighted by Gasteiger charge is 2.43. The van der Waals surface area contributed by atoms with Gasteiger partial charge in [-0.25, -0.2) is 0 Å². The first-order valence-electron chi connectivity index (χ1n) is 8.08. The summed E-state index contributed by atoms with van der Waals surface area (Å²) >= 11 is 0. The SMILES string of the molecule is CCN(CC(=O)O)C1CC(NC2CCCC(C(F)(F)F)C2)C1. The van der Waals surface area contributed by atoms with E-state index in [1.807, 2.05) is 11.8 Å². The van der Waals surface area contributed by atoms with Crippen molar-refractivity contribution in [2.45, 2.75) is 69.8 Å². The zero-order valence-electron chi connectivity index (χ0n) is 12.9. The molecule has 2 aliphatic carbocycles. The van der Waals surface area contributed by atoms with Crippen molar-refractivity contribution in [1.82, 2.24) is 10.2 Å². The molecule has 0 aromatic heterocycles. The molecule has 2 atom stereocenters. The number of hydrogen-bond donors (Lipinski definition) is 2. The van der Waals surface area contributed by atoms with Gasteiger partial charge in [0.2, 0.25) is 0 Å². The van der Waals surface area contributed by atoms with Gasteiger partial charge in [-0.3, -0.25) is 9.69 Å². The molecule has 0 amide bonds. The van der Waals surface area contributed by atoms with Gasteiger partial charge in [0.1, 0.15) is 0 Å². The summed E-state index contributed by atoms with van der Waals surface area (Å²) in [5, 5.41) is 12.2. The highest BCUT2D eigenvalue weighted by Crippen LogP contribution is 2.38. The number of carboxylic acid groups (broad SMARTS) is 1. The number of rotatable bonds is 6. The zero-order valence-corrected chi connectivity index (χ0v) is 12.9. The number of likely N-dealkylation sites (N-methyl/N-ethyl adjacent to an activating group) is 1. The minimum atomic E-state index is -4.08. The number of alkyl halides is 3. The van der Waals surface area contributed by atoms with Crippen LogP contribution in [0.3, 0.4) is 0 Å². The summed E-state index contributed by atoms with van der Waals surface area (Å²) in [6, 6.07) is 0.409. The molecule has 128 valence electrons. The number of nitrogens with one attached hydrogen (secondary N) is 1. The quantitative estimate of drug-likeness (QED) is 0.789. The van der Waals surface area contributed by atoms with Gasteiger partial charge in [-0.15, -0.1) is 0 Å². The first kappa shape index (κ1) is 17.5. The first-order valence-corrected chi connectivity index (χ1v) is 8.08. The van der Waals surface area contributed by atoms with E-state index in [2.05, 4.69) is 5.32 Å². The molecule has 0 saturated heterocycles. The maximum atomic E-state index is 12.8. The number of aliphatic carboxylic acids is 1. The third-order valence-electron chi connectivity index (χ3n) is 4.98. The molecule has 7 heteroatoms. The molecule has 0 bridgehead atoms. The molecule has 2 aliphatic rings. The van der Waals surface area contributed by atoms with Gasteiger partial charge >= 0.3 is 12.1 Å². The van der Waals surface area contributed by atoms with Crippen molar-refractivity contribution in [3.8, 4) is 0 Å². The van der Waals surface area contributed by atoms with E-state index in [0.717, 1.165) is 19.3 Å². The molecule has 0 radical (unpaired) electrons. The van der Waals surface area contributed by atoms with Gasteiger partial charge in [0.05, 0.1) is 12.5 Å². The minimum absolute atomic E-state index is 0.0352. The lowest BCUT2D eigenvalue weighted by atomic mass is 9.81. The van der Waals surface area contributed by atoms with Crippen molar-refractivity contribution >= 4 is 5.97 Å². The molecule has 0 aliphatic heterocycles. The lowest BCUT2D eigenvalue weighted by Gasteiger charge is -2.45. The second kappa shape index (κ2) is 7.17. The lowest BCUT2D eigenvalue weighted by molar-refractivity contribution is -0.184. The summed E-state index contributed by atoms with van der Waals surface area (Å²) in [4.78, 5) is 12.7. The molecule has 2 N–H and O–H groups in total. The Morgan fingerprint density at radius 3 is 2.45 bits per heavy atom. The standard InChI is InChI=1S/C15H25F3N2O2/c1-2-20(9-14(21)22)13-7-12(8-13)19-11-5-3-4-10(6-11)15(16,17)18/h10-13,19H,2-9H2,1H3,(H,21,22). The molecule has 2 fully saturated rings. The predicted molar refractivity (Wildman–Crippen MR) is 76.6 cm³/mol. The Morgan fingerprint density at radius 1 is 1.23 bits per heavy atom. The number of halogens is 3. The summed E-state index contributed by atoms with van der Waals surface area (Å²) < 4.78 is 38.4. The first-order chi connectivity index (χ1) is 10.3. The topological polar surface area (TPSA) is 52.6 Å². The third kappa shape index (κ3) is 4.59. The summed E-state index contributed by atoms with van der Waals surface area (Å²) in [5.74, 6) is -2.01. The van der Waals surface area contributed by atoms with Crippen LogP contribution in [0, 0.1) is 5.92 Å². The second-order valence-electron chi connectivity index (χ2n) is 6.55. The van der Waals surface area contributed by atoms with Crippen LogP contribution in [-0.2, 0) is 4.79 Å². The molecule has 0 aromatic rings. The molecule has 2 saturated carbocycles. The van der Waals surface area contributed by atoms with Crippen molar-refractivity contribution in [3.63, 3.8) is 0 Å². The van der Waals surface area contributed by atoms with Crippen LogP contribution >= 0.6 is 0 Å². The van der Waals surface area contributed by atoms with Crippen LogP contribution < -0.4 is 5.32 Å². The van der Waals surface area contributed by atoms with Crippen LogP contribution in [-0.4, -0.2) is 53.4 Å². The molecule has 2 unspecified atom stereocenters. The maximum absolute atomic E-state index is 12.8. The van der Waals surface area contributed by atoms with Gasteiger partial charge in [-0.05, 0) is 38.6 Å². The fraction of sp³-hybridized carbons (Fsp3) is 0.933. The normalized spacial score (nSPS) is 32.8. The summed E-state index contributed by atoms with van der Waals surface area (Å²) in [5.41, 5.74) is 0. The van der Waals surface area contributed by atoms with E-state index in [1.165, 1.54) is 0 Å². The van der Waals surface area contributed by atoms with Crippen LogP contribution in [0.25, 0.3) is 0 Å². The van der Waals surface area contributed by atoms with E-state index in [1.54, 1.807) is 0 Å². The Hall–Kier alpha value is -0.820. The Balaban J connectivity index is 1.74. The number of nitrogens with zero attached hydrogens (tertiary/aromatic N) is 1. The smallest absolute Gasteiger partial charge is 0.391 e. The van der Waals surface area contributed by atoms with Crippen molar-refractivity contribution in [3.05, 3.63) is 0 Å². The average Bonchev–Trinajstić information content (AvgIpc) is 2.39. The largest absolute Gasteiger partial charge is 0.480 e. The molecular weight excluding hydrogens is 297 g/mol. The lowest BCUT2D eigenvalue weighted by Crippen LogP contribution is -2.56. The molecular formula is C15H25F3N2O2. The van der Waals surface area contributed by atoms with Gasteiger partial charge in [-0.2, -0.15) is 13.2 Å². The average molecular weight is 322 g/mol. The highest BCUT2D eigenvalue weighted by molar-refractivity contribution is 5.69. The second-order valence-corrected chi connectivity index (χ2v) is 6.55. The van der Waals surface area contributed by atoms with Crippen LogP contribution in [0.15, 0.2) is 0 Å². The molecule has 0 aromatic carbocycles. The van der Waals surface area contributed by atoms with E-state index in [0.29, 0.717) is 13.0 Å². The summed E-state index contributed by atoms with van der Waals surface area (Å²) in [7, 11) is 0. The van der Waals surface area contributed by atoms with E-state index < -0.39 is 18.1 Å². The monoisotopic (exact) mass is 322 g/mol. The van der Waals surface area contributed by atoms with Gasteiger partial charge in [0.25, 0.3) is 0 Å². The van der Waals surface area contributed by atoms with E-state index in [-0.39, 0.29) is 37.5 Å². The van der Waals surface area contributed by atoms with E-state index >= 15 is 0 Å². The fourth-order valence-corrected chi connectivity index (χ4v) is 3.67. The highest BCUT2D eigenvalue weighted by atomic mass is 19.4. The van der Waals surface area contributed by atoms with Gasteiger partial charge in [-0.1, -0.05) is 13.3 Å². The summed E-state index contributed by atoms with van der Waals surface area (Å²) in [6.45, 7) is 2.65. The summed E-state index contributed by atoms with van der Waals surface area (Å²) in [6.07, 6.45) is -0.571. The van der Waals surface area contributed by atoms with Crippen molar-refractivity contribution < 1.29 is 23.1 Å². The van der Waals surface area contributed by atoms with Crippen molar-refractivity contribution in [2.24, 2.45) is 5.92 Å². The molecule has 22 heavy (non-hydrogen) atoms. The fourth-order valence-electron chi connectivity index (χ4n) is 3.67. The number of carbonyl (C=O) groups is 1. The van der Waals surface area contributed by atoms with E-state index in [4.69, 9.17) is 5.11 Å². The van der Waals surface area contributed by atoms with Gasteiger partial charge < -0.3 is 10.4 Å². The number of carboxylic acids is 1. The third-order valence-corrected chi connectivity index (χ3v) is 4.98. The minimum Gasteiger partial charge on any atom is -0.480 e. The molecule has 0 heterocycles. The number of hydrogen-bond acceptors (Lipinski definition) is 3. The van der Waals surface area contributed by atoms with Gasteiger partial charge in [0, 0.05) is 18.1 Å². The van der Waals surface area contributed by atoms with Crippen molar-refractivity contribution in [2.75, 3.05) is 13.1 Å². The molecule has 0 spiro atoms. The zero-order chi connectivity index (χ0) is 16.3. The Labute approximate surface area is 129 Å². The van der Waals surface area contributed by atoms with Crippen LogP contribution in [0.2, 0.25) is 0 Å². The Bertz CT molecular complexity index is 383. The maximum Gasteiger partial charge on any atom is 0.391 e. The predicted octanol–water partition coefficient (Wildman–Crippen LogP) is 2.63. The van der Waals surface area contributed by atoms with Crippen LogP contribution in [0.4, 0.5) is 13.2 Å². The molecule has 2 rings (SSSR count). The van der Waals surface area contributed by atoms with Crippen LogP contribution in [0.1, 0.15) is 45.4 Å². The Kier molecular flexibility index (Phi) is 5.71. The van der Waals surface area contributed by atoms with Crippen LogP contribution in [0.5, 0.6) is 0 Å². The van der Waals surface area contributed by atoms with Crippen molar-refractivity contribution in [1.29, 1.82) is 0 Å².